The third-order valence-electron chi connectivity index (χ3n) is 6.72. The van der Waals surface area contributed by atoms with Crippen molar-refractivity contribution in [3.8, 4) is 11.1 Å². The summed E-state index contributed by atoms with van der Waals surface area (Å²) in [6.45, 7) is 0.280. The lowest BCUT2D eigenvalue weighted by Crippen LogP contribution is -2.48. The molecule has 2 aromatic carbocycles. The minimum Gasteiger partial charge on any atom is -0.394 e. The molecular formula is C23H25FN4O3S. The number of sulfonamides is 1. The number of nitrogens with zero attached hydrogens (tertiary/aromatic N) is 4. The van der Waals surface area contributed by atoms with E-state index in [-0.39, 0.29) is 29.4 Å². The molecule has 1 saturated heterocycles. The first-order valence-electron chi connectivity index (χ1n) is 10.5. The molecule has 3 heterocycles. The Hall–Kier alpha value is -2.75. The Balaban J connectivity index is 1.65. The van der Waals surface area contributed by atoms with Gasteiger partial charge < -0.3 is 14.6 Å². The molecule has 0 unspecified atom stereocenters. The van der Waals surface area contributed by atoms with Crippen molar-refractivity contribution in [3.63, 3.8) is 0 Å². The minimum absolute atomic E-state index is 0.0166. The zero-order valence-corrected chi connectivity index (χ0v) is 18.7. The van der Waals surface area contributed by atoms with Crippen LogP contribution in [-0.2, 0) is 17.1 Å². The second-order valence-corrected chi connectivity index (χ2v) is 10.4. The monoisotopic (exact) mass is 456 g/mol. The number of aryl methyl sites for hydroxylation is 1. The molecule has 7 nitrogen and oxygen atoms in total. The molecular weight excluding hydrogens is 431 g/mol. The lowest BCUT2D eigenvalue weighted by atomic mass is 9.81. The highest BCUT2D eigenvalue weighted by atomic mass is 32.2. The minimum atomic E-state index is -3.82. The quantitative estimate of drug-likeness (QED) is 0.653. The van der Waals surface area contributed by atoms with Crippen molar-refractivity contribution in [3.05, 3.63) is 66.4 Å². The van der Waals surface area contributed by atoms with Crippen LogP contribution in [0.3, 0.4) is 0 Å². The van der Waals surface area contributed by atoms with Crippen LogP contribution in [0.5, 0.6) is 0 Å². The number of hydrogen-bond donors (Lipinski definition) is 1. The number of aliphatic hydroxyl groups excluding tert-OH is 1. The molecule has 2 aliphatic heterocycles. The van der Waals surface area contributed by atoms with Gasteiger partial charge in [0.1, 0.15) is 5.82 Å². The van der Waals surface area contributed by atoms with E-state index in [1.807, 2.05) is 36.2 Å². The number of hydrogen-bond acceptors (Lipinski definition) is 5. The van der Waals surface area contributed by atoms with E-state index in [0.717, 1.165) is 22.4 Å². The summed E-state index contributed by atoms with van der Waals surface area (Å²) in [7, 11) is -0.166. The number of fused-ring (bicyclic) bond motifs is 3. The first kappa shape index (κ1) is 21.1. The summed E-state index contributed by atoms with van der Waals surface area (Å²) in [5, 5.41) is 10.2. The highest BCUT2D eigenvalue weighted by molar-refractivity contribution is 7.89. The van der Waals surface area contributed by atoms with Crippen LogP contribution < -0.4 is 4.90 Å². The van der Waals surface area contributed by atoms with Gasteiger partial charge in [-0.2, -0.15) is 4.31 Å². The molecule has 0 bridgehead atoms. The number of anilines is 1. The zero-order chi connectivity index (χ0) is 22.6. The smallest absolute Gasteiger partial charge is 0.262 e. The Morgan fingerprint density at radius 3 is 2.62 bits per heavy atom. The molecule has 5 rings (SSSR count). The summed E-state index contributed by atoms with van der Waals surface area (Å²) >= 11 is 0. The normalized spacial score (nSPS) is 23.2. The fraction of sp³-hybridized carbons (Fsp3) is 0.348. The fourth-order valence-corrected chi connectivity index (χ4v) is 6.81. The Morgan fingerprint density at radius 2 is 1.94 bits per heavy atom. The van der Waals surface area contributed by atoms with Crippen molar-refractivity contribution in [2.24, 2.45) is 13.0 Å². The Morgan fingerprint density at radius 1 is 1.16 bits per heavy atom. The lowest BCUT2D eigenvalue weighted by molar-refractivity contribution is 0.193. The molecule has 1 N–H and O–H groups in total. The van der Waals surface area contributed by atoms with Crippen molar-refractivity contribution in [2.75, 3.05) is 25.1 Å². The van der Waals surface area contributed by atoms with Crippen molar-refractivity contribution in [2.45, 2.75) is 23.5 Å². The average molecular weight is 457 g/mol. The van der Waals surface area contributed by atoms with Gasteiger partial charge in [-0.1, -0.05) is 18.2 Å². The van der Waals surface area contributed by atoms with Gasteiger partial charge in [-0.15, -0.1) is 0 Å². The van der Waals surface area contributed by atoms with Crippen LogP contribution in [0.4, 0.5) is 10.1 Å². The number of likely N-dealkylation sites (N-methyl/N-ethyl adjacent to an activating group) is 1. The zero-order valence-electron chi connectivity index (χ0n) is 17.9. The average Bonchev–Trinajstić information content (AvgIpc) is 3.41. The molecule has 1 fully saturated rings. The molecule has 0 amide bonds. The molecule has 168 valence electrons. The van der Waals surface area contributed by atoms with E-state index in [0.29, 0.717) is 13.0 Å². The van der Waals surface area contributed by atoms with Gasteiger partial charge in [0.2, 0.25) is 0 Å². The van der Waals surface area contributed by atoms with E-state index in [4.69, 9.17) is 0 Å². The standard InChI is InChI=1S/C23H25FN4O3S/c1-26-12-22(25-14-26)32(30,31)28-9-8-18-21(13-29)27(2)20-7-6-16(11-19(20)23(18)28)15-4-3-5-17(24)10-15/h3-7,10-12,14,18,21,23,29H,8-9,13H2,1-2H3/t18-,21+,23-/m1/s1. The van der Waals surface area contributed by atoms with Crippen LogP contribution in [0, 0.1) is 11.7 Å². The maximum absolute atomic E-state index is 13.8. The fourth-order valence-electron chi connectivity index (χ4n) is 5.17. The summed E-state index contributed by atoms with van der Waals surface area (Å²) in [5.74, 6) is -0.394. The first-order chi connectivity index (χ1) is 15.3. The van der Waals surface area contributed by atoms with Crippen LogP contribution in [-0.4, -0.2) is 53.6 Å². The Labute approximate surface area is 186 Å². The second-order valence-electron chi connectivity index (χ2n) is 8.54. The van der Waals surface area contributed by atoms with E-state index < -0.39 is 16.1 Å². The van der Waals surface area contributed by atoms with E-state index >= 15 is 0 Å². The number of aromatic nitrogens is 2. The van der Waals surface area contributed by atoms with Crippen molar-refractivity contribution < 1.29 is 17.9 Å². The van der Waals surface area contributed by atoms with Gasteiger partial charge >= 0.3 is 0 Å². The van der Waals surface area contributed by atoms with Crippen molar-refractivity contribution >= 4 is 15.7 Å². The number of benzene rings is 2. The molecule has 2 aliphatic rings. The van der Waals surface area contributed by atoms with Gasteiger partial charge in [0.05, 0.1) is 25.0 Å². The predicted molar refractivity (Wildman–Crippen MR) is 119 cm³/mol. The molecule has 32 heavy (non-hydrogen) atoms. The van der Waals surface area contributed by atoms with E-state index in [2.05, 4.69) is 4.98 Å². The number of imidazole rings is 1. The summed E-state index contributed by atoms with van der Waals surface area (Å²) in [4.78, 5) is 6.12. The molecule has 0 spiro atoms. The number of aliphatic hydroxyl groups is 1. The third kappa shape index (κ3) is 3.23. The molecule has 1 aromatic heterocycles. The summed E-state index contributed by atoms with van der Waals surface area (Å²) in [6.07, 6.45) is 3.61. The molecule has 0 radical (unpaired) electrons. The van der Waals surface area contributed by atoms with Crippen LogP contribution in [0.1, 0.15) is 18.0 Å². The second kappa shape index (κ2) is 7.68. The molecule has 3 aromatic rings. The lowest BCUT2D eigenvalue weighted by Gasteiger charge is -2.44. The molecule has 3 atom stereocenters. The highest BCUT2D eigenvalue weighted by Gasteiger charge is 2.50. The molecule has 9 heteroatoms. The van der Waals surface area contributed by atoms with Crippen LogP contribution in [0.15, 0.2) is 60.0 Å². The van der Waals surface area contributed by atoms with Crippen LogP contribution in [0.25, 0.3) is 11.1 Å². The van der Waals surface area contributed by atoms with Crippen molar-refractivity contribution in [1.82, 2.24) is 13.9 Å². The van der Waals surface area contributed by atoms with Crippen molar-refractivity contribution in [1.29, 1.82) is 0 Å². The van der Waals surface area contributed by atoms with E-state index in [1.165, 1.54) is 29.0 Å². The molecule has 0 saturated carbocycles. The summed E-state index contributed by atoms with van der Waals surface area (Å²) in [5.41, 5.74) is 3.28. The van der Waals surface area contributed by atoms with E-state index in [9.17, 15) is 17.9 Å². The summed E-state index contributed by atoms with van der Waals surface area (Å²) < 4.78 is 44.0. The summed E-state index contributed by atoms with van der Waals surface area (Å²) in [6, 6.07) is 11.5. The van der Waals surface area contributed by atoms with E-state index in [1.54, 1.807) is 17.7 Å². The van der Waals surface area contributed by atoms with Crippen LogP contribution in [0.2, 0.25) is 0 Å². The number of halogens is 1. The SMILES string of the molecule is CN1c2ccc(-c3cccc(F)c3)cc2[C@H]2[C@H](CCN2S(=O)(=O)c2cn(C)cn2)[C@@H]1CO. The Bertz CT molecular complexity index is 1280. The van der Waals surface area contributed by atoms with Gasteiger partial charge in [-0.25, -0.2) is 17.8 Å². The topological polar surface area (TPSA) is 78.7 Å². The van der Waals surface area contributed by atoms with Gasteiger partial charge in [0, 0.05) is 38.4 Å². The first-order valence-corrected chi connectivity index (χ1v) is 12.0. The maximum Gasteiger partial charge on any atom is 0.262 e. The van der Waals surface area contributed by atoms with Crippen LogP contribution >= 0.6 is 0 Å². The van der Waals surface area contributed by atoms with Gasteiger partial charge in [0.25, 0.3) is 10.0 Å². The van der Waals surface area contributed by atoms with Gasteiger partial charge in [0.15, 0.2) is 5.03 Å². The van der Waals surface area contributed by atoms with Gasteiger partial charge in [-0.05, 0) is 47.4 Å². The Kier molecular flexibility index (Phi) is 5.07. The van der Waals surface area contributed by atoms with Gasteiger partial charge in [-0.3, -0.25) is 0 Å². The number of rotatable bonds is 4. The largest absolute Gasteiger partial charge is 0.394 e. The predicted octanol–water partition coefficient (Wildman–Crippen LogP) is 2.79. The maximum atomic E-state index is 13.8. The highest BCUT2D eigenvalue weighted by Crippen LogP contribution is 2.50. The molecule has 0 aliphatic carbocycles. The third-order valence-corrected chi connectivity index (χ3v) is 8.48.